The van der Waals surface area contributed by atoms with Gasteiger partial charge in [0.05, 0.1) is 19.5 Å². The maximum atomic E-state index is 11.4. The fraction of sp³-hybridized carbons (Fsp3) is 0.357. The molecule has 98 valence electrons. The topological polar surface area (TPSA) is 66.8 Å². The number of allylic oxidation sites excluding steroid dienone is 2. The number of hydrogen-bond acceptors (Lipinski definition) is 4. The van der Waals surface area contributed by atoms with Gasteiger partial charge in [0.2, 0.25) is 0 Å². The molecule has 0 amide bonds. The van der Waals surface area contributed by atoms with E-state index in [1.165, 1.54) is 21.0 Å². The summed E-state index contributed by atoms with van der Waals surface area (Å²) < 4.78 is 5.16. The molecule has 0 aromatic heterocycles. The van der Waals surface area contributed by atoms with Gasteiger partial charge >= 0.3 is 0 Å². The van der Waals surface area contributed by atoms with Crippen molar-refractivity contribution >= 4 is 5.78 Å². The normalized spacial score (nSPS) is 12.0. The van der Waals surface area contributed by atoms with Gasteiger partial charge in [-0.3, -0.25) is 4.79 Å². The third kappa shape index (κ3) is 3.34. The van der Waals surface area contributed by atoms with E-state index in [4.69, 9.17) is 9.84 Å². The van der Waals surface area contributed by atoms with Crippen molar-refractivity contribution in [3.63, 3.8) is 0 Å². The third-order valence-corrected chi connectivity index (χ3v) is 2.76. The third-order valence-electron chi connectivity index (χ3n) is 2.76. The second kappa shape index (κ2) is 6.21. The number of carbonyl (C=O) groups is 1. The van der Waals surface area contributed by atoms with Crippen molar-refractivity contribution in [3.05, 3.63) is 40.7 Å². The summed E-state index contributed by atoms with van der Waals surface area (Å²) in [6, 6.07) is 5.32. The highest BCUT2D eigenvalue weighted by Crippen LogP contribution is 2.22. The Morgan fingerprint density at radius 1 is 1.33 bits per heavy atom. The van der Waals surface area contributed by atoms with E-state index in [-0.39, 0.29) is 18.1 Å². The Morgan fingerprint density at radius 3 is 2.44 bits per heavy atom. The van der Waals surface area contributed by atoms with Crippen LogP contribution in [0.4, 0.5) is 0 Å². The fourth-order valence-corrected chi connectivity index (χ4v) is 1.74. The molecule has 0 fully saturated rings. The molecule has 0 heterocycles. The lowest BCUT2D eigenvalue weighted by Gasteiger charge is -2.10. The highest BCUT2D eigenvalue weighted by atomic mass is 16.5. The predicted molar refractivity (Wildman–Crippen MR) is 68.6 cm³/mol. The van der Waals surface area contributed by atoms with E-state index in [0.717, 1.165) is 5.56 Å². The summed E-state index contributed by atoms with van der Waals surface area (Å²) in [6.07, 6.45) is 0.347. The fourth-order valence-electron chi connectivity index (χ4n) is 1.74. The second-order valence-corrected chi connectivity index (χ2v) is 4.10. The van der Waals surface area contributed by atoms with Crippen molar-refractivity contribution in [2.45, 2.75) is 26.9 Å². The van der Waals surface area contributed by atoms with Gasteiger partial charge < -0.3 is 14.9 Å². The van der Waals surface area contributed by atoms with Gasteiger partial charge in [0.25, 0.3) is 0 Å². The van der Waals surface area contributed by atoms with Gasteiger partial charge in [-0.1, -0.05) is 12.1 Å². The van der Waals surface area contributed by atoms with Gasteiger partial charge in [-0.2, -0.15) is 0 Å². The van der Waals surface area contributed by atoms with Crippen LogP contribution in [0.1, 0.15) is 25.0 Å². The van der Waals surface area contributed by atoms with Crippen molar-refractivity contribution in [1.82, 2.24) is 0 Å². The quantitative estimate of drug-likeness (QED) is 0.620. The lowest BCUT2D eigenvalue weighted by Crippen LogP contribution is -2.04. The average molecular weight is 250 g/mol. The number of aliphatic hydroxyl groups is 2. The van der Waals surface area contributed by atoms with E-state index in [1.807, 2.05) is 0 Å². The lowest BCUT2D eigenvalue weighted by molar-refractivity contribution is -0.113. The molecule has 18 heavy (non-hydrogen) atoms. The van der Waals surface area contributed by atoms with E-state index in [2.05, 4.69) is 0 Å². The summed E-state index contributed by atoms with van der Waals surface area (Å²) in [5.74, 6) is 0.460. The van der Waals surface area contributed by atoms with Crippen LogP contribution in [-0.2, 0) is 17.8 Å². The summed E-state index contributed by atoms with van der Waals surface area (Å²) in [7, 11) is 1.53. The minimum atomic E-state index is -0.153. The molecule has 4 nitrogen and oxygen atoms in total. The number of rotatable bonds is 5. The molecule has 0 spiro atoms. The Hall–Kier alpha value is -1.81. The van der Waals surface area contributed by atoms with Gasteiger partial charge in [-0.05, 0) is 25.5 Å². The van der Waals surface area contributed by atoms with Crippen LogP contribution in [0, 0.1) is 0 Å². The summed E-state index contributed by atoms with van der Waals surface area (Å²) >= 11 is 0. The lowest BCUT2D eigenvalue weighted by atomic mass is 10.00. The second-order valence-electron chi connectivity index (χ2n) is 4.10. The first-order valence-corrected chi connectivity index (χ1v) is 5.66. The van der Waals surface area contributed by atoms with Crippen LogP contribution in [0.25, 0.3) is 0 Å². The molecule has 1 rings (SSSR count). The van der Waals surface area contributed by atoms with Gasteiger partial charge in [0.15, 0.2) is 5.78 Å². The molecule has 0 saturated carbocycles. The SMILES string of the molecule is COc1cc(C/C(C(C)=O)=C(/C)O)ccc1CO. The minimum Gasteiger partial charge on any atom is -0.512 e. The zero-order valence-corrected chi connectivity index (χ0v) is 10.9. The molecule has 2 N–H and O–H groups in total. The Morgan fingerprint density at radius 2 is 2.00 bits per heavy atom. The zero-order valence-electron chi connectivity index (χ0n) is 10.9. The molecule has 0 aliphatic carbocycles. The highest BCUT2D eigenvalue weighted by molar-refractivity contribution is 5.94. The number of benzene rings is 1. The molecule has 0 saturated heterocycles. The summed E-state index contributed by atoms with van der Waals surface area (Å²) in [5, 5.41) is 18.6. The maximum Gasteiger partial charge on any atom is 0.159 e. The Kier molecular flexibility index (Phi) is 4.92. The standard InChI is InChI=1S/C14H18O4/c1-9(16)13(10(2)17)6-11-4-5-12(8-15)14(7-11)18-3/h4-5,7,15-16H,6,8H2,1-3H3/b13-9+. The van der Waals surface area contributed by atoms with Crippen LogP contribution in [0.2, 0.25) is 0 Å². The van der Waals surface area contributed by atoms with Gasteiger partial charge in [-0.25, -0.2) is 0 Å². The first-order valence-electron chi connectivity index (χ1n) is 5.66. The molecule has 0 atom stereocenters. The number of hydrogen-bond donors (Lipinski definition) is 2. The molecule has 0 unspecified atom stereocenters. The van der Waals surface area contributed by atoms with Crippen LogP contribution in [-0.4, -0.2) is 23.1 Å². The Bertz CT molecular complexity index is 471. The van der Waals surface area contributed by atoms with E-state index in [9.17, 15) is 9.90 Å². The van der Waals surface area contributed by atoms with Gasteiger partial charge in [0, 0.05) is 17.6 Å². The summed E-state index contributed by atoms with van der Waals surface area (Å²) in [6.45, 7) is 2.82. The van der Waals surface area contributed by atoms with Crippen LogP contribution < -0.4 is 4.74 Å². The first kappa shape index (κ1) is 14.3. The number of ketones is 1. The smallest absolute Gasteiger partial charge is 0.159 e. The predicted octanol–water partition coefficient (Wildman–Crippen LogP) is 2.15. The van der Waals surface area contributed by atoms with Gasteiger partial charge in [0.1, 0.15) is 5.75 Å². The number of ether oxygens (including phenoxy) is 1. The maximum absolute atomic E-state index is 11.4. The Balaban J connectivity index is 3.05. The molecule has 4 heteroatoms. The van der Waals surface area contributed by atoms with Crippen molar-refractivity contribution < 1.29 is 19.7 Å². The Labute approximate surface area is 107 Å². The summed E-state index contributed by atoms with van der Waals surface area (Å²) in [4.78, 5) is 11.4. The van der Waals surface area contributed by atoms with Crippen molar-refractivity contribution in [3.8, 4) is 5.75 Å². The number of methoxy groups -OCH3 is 1. The van der Waals surface area contributed by atoms with E-state index >= 15 is 0 Å². The molecular weight excluding hydrogens is 232 g/mol. The van der Waals surface area contributed by atoms with Gasteiger partial charge in [-0.15, -0.1) is 0 Å². The molecule has 0 aliphatic rings. The molecule has 0 aliphatic heterocycles. The van der Waals surface area contributed by atoms with Crippen LogP contribution in [0.3, 0.4) is 0 Å². The molecular formula is C14H18O4. The average Bonchev–Trinajstić information content (AvgIpc) is 2.34. The van der Waals surface area contributed by atoms with E-state index in [1.54, 1.807) is 18.2 Å². The van der Waals surface area contributed by atoms with Crippen LogP contribution in [0.5, 0.6) is 5.75 Å². The van der Waals surface area contributed by atoms with Crippen LogP contribution >= 0.6 is 0 Å². The number of carbonyl (C=O) groups excluding carboxylic acids is 1. The molecule has 1 aromatic rings. The first-order chi connectivity index (χ1) is 8.49. The van der Waals surface area contributed by atoms with E-state index in [0.29, 0.717) is 23.3 Å². The van der Waals surface area contributed by atoms with Crippen molar-refractivity contribution in [1.29, 1.82) is 0 Å². The molecule has 0 bridgehead atoms. The van der Waals surface area contributed by atoms with E-state index < -0.39 is 0 Å². The zero-order chi connectivity index (χ0) is 13.7. The number of aliphatic hydroxyl groups excluding tert-OH is 2. The minimum absolute atomic E-state index is 0.0349. The molecule has 1 aromatic carbocycles. The highest BCUT2D eigenvalue weighted by Gasteiger charge is 2.11. The number of Topliss-reactive ketones (excluding diaryl/α,β-unsaturated/α-hetero) is 1. The monoisotopic (exact) mass is 250 g/mol. The van der Waals surface area contributed by atoms with Crippen molar-refractivity contribution in [2.75, 3.05) is 7.11 Å². The largest absolute Gasteiger partial charge is 0.512 e. The molecule has 0 radical (unpaired) electrons. The van der Waals surface area contributed by atoms with Crippen LogP contribution in [0.15, 0.2) is 29.5 Å². The van der Waals surface area contributed by atoms with Crippen molar-refractivity contribution in [2.24, 2.45) is 0 Å². The summed E-state index contributed by atoms with van der Waals surface area (Å²) in [5.41, 5.74) is 1.92.